The maximum atomic E-state index is 10.9. The van der Waals surface area contributed by atoms with Crippen molar-refractivity contribution in [3.8, 4) is 0 Å². The summed E-state index contributed by atoms with van der Waals surface area (Å²) in [6.45, 7) is 1.38. The summed E-state index contributed by atoms with van der Waals surface area (Å²) in [7, 11) is 0. The maximum absolute atomic E-state index is 10.9. The summed E-state index contributed by atoms with van der Waals surface area (Å²) in [6.07, 6.45) is 2.18. The van der Waals surface area contributed by atoms with E-state index in [1.165, 1.54) is 6.92 Å². The monoisotopic (exact) mass is 163 g/mol. The summed E-state index contributed by atoms with van der Waals surface area (Å²) in [5, 5.41) is 0. The molecule has 1 aromatic heterocycles. The van der Waals surface area contributed by atoms with Gasteiger partial charge in [0.2, 0.25) is 0 Å². The first-order valence-electron chi connectivity index (χ1n) is 3.62. The van der Waals surface area contributed by atoms with Gasteiger partial charge in [-0.2, -0.15) is 0 Å². The Balaban J connectivity index is 2.95. The average molecular weight is 163 g/mol. The molecule has 0 radical (unpaired) electrons. The minimum Gasteiger partial charge on any atom is -0.302 e. The number of hydrogen-bond donors (Lipinski definition) is 0. The van der Waals surface area contributed by atoms with Gasteiger partial charge in [-0.3, -0.25) is 9.78 Å². The van der Waals surface area contributed by atoms with Crippen LogP contribution in [0.4, 0.5) is 0 Å². The lowest BCUT2D eigenvalue weighted by molar-refractivity contribution is -0.122. The van der Waals surface area contributed by atoms with Crippen LogP contribution < -0.4 is 0 Å². The van der Waals surface area contributed by atoms with Crippen LogP contribution in [-0.4, -0.2) is 17.1 Å². The van der Waals surface area contributed by atoms with Crippen LogP contribution in [0.1, 0.15) is 18.5 Å². The minimum absolute atomic E-state index is 0.177. The van der Waals surface area contributed by atoms with Gasteiger partial charge in [0, 0.05) is 6.20 Å². The van der Waals surface area contributed by atoms with E-state index in [9.17, 15) is 9.59 Å². The van der Waals surface area contributed by atoms with E-state index in [1.807, 2.05) is 0 Å². The van der Waals surface area contributed by atoms with Crippen LogP contribution in [0.3, 0.4) is 0 Å². The van der Waals surface area contributed by atoms with Gasteiger partial charge in [0.25, 0.3) is 0 Å². The summed E-state index contributed by atoms with van der Waals surface area (Å²) in [4.78, 5) is 25.3. The number of aldehydes is 1. The van der Waals surface area contributed by atoms with E-state index in [1.54, 1.807) is 24.4 Å². The molecule has 0 aliphatic carbocycles. The zero-order chi connectivity index (χ0) is 8.97. The van der Waals surface area contributed by atoms with Crippen LogP contribution in [-0.2, 0) is 9.59 Å². The van der Waals surface area contributed by atoms with Gasteiger partial charge in [-0.05, 0) is 19.1 Å². The number of hydrogen-bond acceptors (Lipinski definition) is 3. The number of rotatable bonds is 3. The van der Waals surface area contributed by atoms with Crippen molar-refractivity contribution in [1.29, 1.82) is 0 Å². The highest BCUT2D eigenvalue weighted by atomic mass is 16.1. The molecule has 1 atom stereocenters. The van der Waals surface area contributed by atoms with Gasteiger partial charge in [0.15, 0.2) is 0 Å². The second-order valence-corrected chi connectivity index (χ2v) is 2.48. The van der Waals surface area contributed by atoms with Crippen molar-refractivity contribution in [1.82, 2.24) is 4.98 Å². The smallest absolute Gasteiger partial charge is 0.145 e. The number of carbonyl (C=O) groups excluding carboxylic acids is 2. The Morgan fingerprint density at radius 1 is 1.58 bits per heavy atom. The second-order valence-electron chi connectivity index (χ2n) is 2.48. The number of carbonyl (C=O) groups is 2. The molecule has 3 heteroatoms. The maximum Gasteiger partial charge on any atom is 0.145 e. The number of ketones is 1. The van der Waals surface area contributed by atoms with Crippen LogP contribution in [0.5, 0.6) is 0 Å². The van der Waals surface area contributed by atoms with E-state index in [-0.39, 0.29) is 5.78 Å². The fourth-order valence-corrected chi connectivity index (χ4v) is 0.934. The Morgan fingerprint density at radius 2 is 2.33 bits per heavy atom. The fraction of sp³-hybridized carbons (Fsp3) is 0.222. The molecule has 0 bridgehead atoms. The largest absolute Gasteiger partial charge is 0.302 e. The zero-order valence-electron chi connectivity index (χ0n) is 6.73. The van der Waals surface area contributed by atoms with Gasteiger partial charge in [-0.15, -0.1) is 0 Å². The van der Waals surface area contributed by atoms with Crippen LogP contribution >= 0.6 is 0 Å². The lowest BCUT2D eigenvalue weighted by Gasteiger charge is -2.03. The topological polar surface area (TPSA) is 47.0 Å². The average Bonchev–Trinajstić information content (AvgIpc) is 2.07. The van der Waals surface area contributed by atoms with Crippen molar-refractivity contribution in [3.63, 3.8) is 0 Å². The fourth-order valence-electron chi connectivity index (χ4n) is 0.934. The molecule has 1 heterocycles. The standard InChI is InChI=1S/C9H9NO2/c1-7(12)8(6-11)9-4-2-3-5-10-9/h2-6,8H,1H3. The summed E-state index contributed by atoms with van der Waals surface area (Å²) >= 11 is 0. The molecule has 0 aliphatic rings. The molecule has 0 aliphatic heterocycles. The van der Waals surface area contributed by atoms with Crippen molar-refractivity contribution >= 4 is 12.1 Å². The van der Waals surface area contributed by atoms with Gasteiger partial charge in [-0.25, -0.2) is 0 Å². The third-order valence-electron chi connectivity index (χ3n) is 1.58. The molecule has 62 valence electrons. The van der Waals surface area contributed by atoms with Crippen LogP contribution in [0.2, 0.25) is 0 Å². The lowest BCUT2D eigenvalue weighted by Crippen LogP contribution is -2.11. The Bertz CT molecular complexity index is 282. The molecule has 3 nitrogen and oxygen atoms in total. The molecule has 0 fully saturated rings. The van der Waals surface area contributed by atoms with Gasteiger partial charge in [0.1, 0.15) is 18.0 Å². The first-order chi connectivity index (χ1) is 5.75. The summed E-state index contributed by atoms with van der Waals surface area (Å²) in [5.41, 5.74) is 0.514. The summed E-state index contributed by atoms with van der Waals surface area (Å²) in [6, 6.07) is 5.16. The Morgan fingerprint density at radius 3 is 2.75 bits per heavy atom. The Kier molecular flexibility index (Phi) is 2.69. The molecule has 1 aromatic rings. The van der Waals surface area contributed by atoms with Gasteiger partial charge < -0.3 is 4.79 Å². The Labute approximate surface area is 70.4 Å². The minimum atomic E-state index is -0.703. The van der Waals surface area contributed by atoms with Crippen LogP contribution in [0, 0.1) is 0 Å². The number of nitrogens with zero attached hydrogens (tertiary/aromatic N) is 1. The molecule has 0 N–H and O–H groups in total. The van der Waals surface area contributed by atoms with Gasteiger partial charge in [-0.1, -0.05) is 6.07 Å². The molecule has 0 saturated heterocycles. The molecular formula is C9H9NO2. The number of aromatic nitrogens is 1. The van der Waals surface area contributed by atoms with Gasteiger partial charge in [0.05, 0.1) is 5.69 Å². The first kappa shape index (κ1) is 8.59. The van der Waals surface area contributed by atoms with Crippen LogP contribution in [0.25, 0.3) is 0 Å². The molecule has 1 unspecified atom stereocenters. The SMILES string of the molecule is CC(=O)C(C=O)c1ccccn1. The number of pyridine rings is 1. The lowest BCUT2D eigenvalue weighted by atomic mass is 10.0. The second kappa shape index (κ2) is 3.76. The quantitative estimate of drug-likeness (QED) is 0.492. The van der Waals surface area contributed by atoms with Crippen LogP contribution in [0.15, 0.2) is 24.4 Å². The van der Waals surface area contributed by atoms with Gasteiger partial charge >= 0.3 is 0 Å². The highest BCUT2D eigenvalue weighted by molar-refractivity contribution is 5.96. The van der Waals surface area contributed by atoms with E-state index in [0.717, 1.165) is 0 Å². The van der Waals surface area contributed by atoms with Crippen molar-refractivity contribution < 1.29 is 9.59 Å². The highest BCUT2D eigenvalue weighted by Crippen LogP contribution is 2.10. The molecule has 0 spiro atoms. The van der Waals surface area contributed by atoms with E-state index in [0.29, 0.717) is 12.0 Å². The number of Topliss-reactive ketones (excluding diaryl/α,β-unsaturated/α-hetero) is 1. The van der Waals surface area contributed by atoms with Crippen molar-refractivity contribution in [2.45, 2.75) is 12.8 Å². The molecule has 1 rings (SSSR count). The van der Waals surface area contributed by atoms with E-state index < -0.39 is 5.92 Å². The van der Waals surface area contributed by atoms with Crippen molar-refractivity contribution in [3.05, 3.63) is 30.1 Å². The van der Waals surface area contributed by atoms with Crippen molar-refractivity contribution in [2.75, 3.05) is 0 Å². The van der Waals surface area contributed by atoms with E-state index in [4.69, 9.17) is 0 Å². The third kappa shape index (κ3) is 1.75. The van der Waals surface area contributed by atoms with E-state index >= 15 is 0 Å². The predicted octanol–water partition coefficient (Wildman–Crippen LogP) is 0.953. The molecule has 0 saturated carbocycles. The third-order valence-corrected chi connectivity index (χ3v) is 1.58. The summed E-state index contributed by atoms with van der Waals surface area (Å²) in [5.74, 6) is -0.880. The summed E-state index contributed by atoms with van der Waals surface area (Å²) < 4.78 is 0. The molecule has 0 amide bonds. The predicted molar refractivity (Wildman–Crippen MR) is 43.7 cm³/mol. The zero-order valence-corrected chi connectivity index (χ0v) is 6.73. The molecule has 0 aromatic carbocycles. The molecular weight excluding hydrogens is 154 g/mol. The first-order valence-corrected chi connectivity index (χ1v) is 3.62. The highest BCUT2D eigenvalue weighted by Gasteiger charge is 2.15. The molecule has 12 heavy (non-hydrogen) atoms. The Hall–Kier alpha value is -1.51. The van der Waals surface area contributed by atoms with Crippen molar-refractivity contribution in [2.24, 2.45) is 0 Å². The van der Waals surface area contributed by atoms with E-state index in [2.05, 4.69) is 4.98 Å². The normalized spacial score (nSPS) is 12.1.